The minimum absolute atomic E-state index is 0.0229. The van der Waals surface area contributed by atoms with Gasteiger partial charge in [-0.05, 0) is 36.8 Å². The third-order valence-corrected chi connectivity index (χ3v) is 6.51. The van der Waals surface area contributed by atoms with Crippen LogP contribution in [0.2, 0.25) is 0 Å². The molecule has 0 bridgehead atoms. The minimum Gasteiger partial charge on any atom is -0.473 e. The van der Waals surface area contributed by atoms with Gasteiger partial charge >= 0.3 is 0 Å². The van der Waals surface area contributed by atoms with Crippen LogP contribution in [0.4, 0.5) is 8.78 Å². The van der Waals surface area contributed by atoms with E-state index in [4.69, 9.17) is 4.74 Å². The van der Waals surface area contributed by atoms with Crippen LogP contribution in [0.15, 0.2) is 84.9 Å². The number of ether oxygens (including phenoxy) is 1. The maximum absolute atomic E-state index is 13.9. The van der Waals surface area contributed by atoms with E-state index in [0.717, 1.165) is 6.07 Å². The Morgan fingerprint density at radius 3 is 2.05 bits per heavy atom. The van der Waals surface area contributed by atoms with E-state index in [1.807, 2.05) is 0 Å². The van der Waals surface area contributed by atoms with Crippen molar-refractivity contribution in [3.63, 3.8) is 0 Å². The van der Waals surface area contributed by atoms with E-state index in [1.54, 1.807) is 49.4 Å². The molecule has 0 saturated heterocycles. The average Bonchev–Trinajstić information content (AvgIpc) is 2.98. The number of halogens is 2. The van der Waals surface area contributed by atoms with Crippen LogP contribution >= 0.6 is 0 Å². The van der Waals surface area contributed by atoms with Crippen molar-refractivity contribution in [2.24, 2.45) is 0 Å². The number of hydrogen-bond donors (Lipinski definition) is 0. The van der Waals surface area contributed by atoms with Gasteiger partial charge in [-0.3, -0.25) is 19.2 Å². The summed E-state index contributed by atoms with van der Waals surface area (Å²) in [7, 11) is 0. The maximum atomic E-state index is 13.9. The predicted molar refractivity (Wildman–Crippen MR) is 148 cm³/mol. The highest BCUT2D eigenvalue weighted by Gasteiger charge is 2.18. The van der Waals surface area contributed by atoms with E-state index in [2.05, 4.69) is 4.98 Å². The van der Waals surface area contributed by atoms with Gasteiger partial charge in [-0.25, -0.2) is 13.8 Å². The molecule has 0 N–H and O–H groups in total. The van der Waals surface area contributed by atoms with Crippen LogP contribution < -0.4 is 4.74 Å². The molecule has 4 rings (SSSR count). The highest BCUT2D eigenvalue weighted by Crippen LogP contribution is 2.20. The number of pyridine rings is 1. The van der Waals surface area contributed by atoms with E-state index in [9.17, 15) is 28.0 Å². The summed E-state index contributed by atoms with van der Waals surface area (Å²) < 4.78 is 33.1. The number of aromatic nitrogens is 1. The van der Waals surface area contributed by atoms with E-state index in [-0.39, 0.29) is 72.3 Å². The fourth-order valence-electron chi connectivity index (χ4n) is 4.28. The summed E-state index contributed by atoms with van der Waals surface area (Å²) in [6.45, 7) is 1.69. The van der Waals surface area contributed by atoms with Gasteiger partial charge in [0.25, 0.3) is 0 Å². The van der Waals surface area contributed by atoms with Gasteiger partial charge in [0.05, 0.1) is 5.56 Å². The number of aryl methyl sites for hydroxylation is 1. The lowest BCUT2D eigenvalue weighted by molar-refractivity contribution is 0.0913. The molecular weight excluding hydrogens is 528 g/mol. The molecule has 208 valence electrons. The van der Waals surface area contributed by atoms with E-state index in [1.165, 1.54) is 36.4 Å². The zero-order chi connectivity index (χ0) is 29.4. The molecule has 0 unspecified atom stereocenters. The van der Waals surface area contributed by atoms with Crippen molar-refractivity contribution in [1.82, 2.24) is 4.98 Å². The van der Waals surface area contributed by atoms with Gasteiger partial charge in [-0.2, -0.15) is 0 Å². The highest BCUT2D eigenvalue weighted by atomic mass is 19.1. The average molecular weight is 556 g/mol. The van der Waals surface area contributed by atoms with E-state index in [0.29, 0.717) is 16.7 Å². The predicted octanol–water partition coefficient (Wildman–Crippen LogP) is 6.94. The molecular formula is C33H27F2NO5. The monoisotopic (exact) mass is 555 g/mol. The Labute approximate surface area is 236 Å². The fourth-order valence-corrected chi connectivity index (χ4v) is 4.28. The Balaban J connectivity index is 1.38. The third-order valence-electron chi connectivity index (χ3n) is 6.51. The second-order valence-corrected chi connectivity index (χ2v) is 9.44. The molecule has 1 aromatic heterocycles. The number of Topliss-reactive ketones (excluding diaryl/α,β-unsaturated/α-hetero) is 4. The van der Waals surface area contributed by atoms with Crippen molar-refractivity contribution in [2.45, 2.75) is 39.2 Å². The Morgan fingerprint density at radius 1 is 0.683 bits per heavy atom. The summed E-state index contributed by atoms with van der Waals surface area (Å²) in [4.78, 5) is 54.9. The second kappa shape index (κ2) is 13.5. The molecule has 0 aliphatic carbocycles. The molecule has 0 fully saturated rings. The van der Waals surface area contributed by atoms with Crippen molar-refractivity contribution < 1.29 is 32.7 Å². The fraction of sp³-hybridized carbons (Fsp3) is 0.182. The van der Waals surface area contributed by atoms with Crippen LogP contribution in [0.3, 0.4) is 0 Å². The molecule has 8 heteroatoms. The van der Waals surface area contributed by atoms with Gasteiger partial charge < -0.3 is 4.74 Å². The number of rotatable bonds is 13. The van der Waals surface area contributed by atoms with Crippen molar-refractivity contribution in [2.75, 3.05) is 0 Å². The molecule has 41 heavy (non-hydrogen) atoms. The van der Waals surface area contributed by atoms with Crippen molar-refractivity contribution in [3.05, 3.63) is 130 Å². The Morgan fingerprint density at radius 2 is 1.32 bits per heavy atom. The molecule has 4 aromatic rings. The van der Waals surface area contributed by atoms with E-state index < -0.39 is 17.4 Å². The first-order valence-corrected chi connectivity index (χ1v) is 13.0. The number of carbonyl (C=O) groups excluding carboxylic acids is 4. The first-order chi connectivity index (χ1) is 19.7. The number of benzene rings is 3. The molecule has 3 aromatic carbocycles. The number of nitrogens with zero attached hydrogens (tertiary/aromatic N) is 1. The third kappa shape index (κ3) is 7.63. The number of hydrogen-bond acceptors (Lipinski definition) is 6. The molecule has 0 amide bonds. The number of ketones is 4. The summed E-state index contributed by atoms with van der Waals surface area (Å²) in [6, 6.07) is 21.0. The SMILES string of the molecule is Cc1ccc(OCc2ccccc2C(=O)CCC(=O)c2ccccc2F)nc1C(=O)CCC(=O)c1cccc(F)c1. The zero-order valence-corrected chi connectivity index (χ0v) is 22.4. The van der Waals surface area contributed by atoms with Gasteiger partial charge in [0, 0.05) is 48.4 Å². The standard InChI is InChI=1S/C33H27F2NO5/c1-21-13-18-32(36-33(21)31(40)17-14-28(37)22-8-6-9-24(34)19-22)41-20-23-7-2-3-10-25(23)29(38)15-16-30(39)26-11-4-5-12-27(26)35/h2-13,18-19H,14-17,20H2,1H3. The summed E-state index contributed by atoms with van der Waals surface area (Å²) in [6.07, 6.45) is -0.430. The highest BCUT2D eigenvalue weighted by molar-refractivity contribution is 6.03. The Bertz CT molecular complexity index is 1620. The summed E-state index contributed by atoms with van der Waals surface area (Å²) in [5.74, 6) is -2.43. The molecule has 6 nitrogen and oxygen atoms in total. The van der Waals surface area contributed by atoms with Crippen LogP contribution in [0, 0.1) is 18.6 Å². The second-order valence-electron chi connectivity index (χ2n) is 9.44. The van der Waals surface area contributed by atoms with Gasteiger partial charge in [-0.1, -0.05) is 54.6 Å². The zero-order valence-electron chi connectivity index (χ0n) is 22.4. The Hall–Kier alpha value is -4.85. The number of carbonyl (C=O) groups is 4. The summed E-state index contributed by atoms with van der Waals surface area (Å²) >= 11 is 0. The van der Waals surface area contributed by atoms with Gasteiger partial charge in [0.2, 0.25) is 5.88 Å². The van der Waals surface area contributed by atoms with Gasteiger partial charge in [-0.15, -0.1) is 0 Å². The molecule has 0 aliphatic rings. The van der Waals surface area contributed by atoms with Crippen molar-refractivity contribution >= 4 is 23.1 Å². The lowest BCUT2D eigenvalue weighted by Gasteiger charge is -2.12. The lowest BCUT2D eigenvalue weighted by atomic mass is 9.98. The van der Waals surface area contributed by atoms with Crippen LogP contribution in [-0.4, -0.2) is 28.1 Å². The van der Waals surface area contributed by atoms with Crippen LogP contribution in [0.1, 0.15) is 78.4 Å². The van der Waals surface area contributed by atoms with Crippen molar-refractivity contribution in [1.29, 1.82) is 0 Å². The van der Waals surface area contributed by atoms with E-state index >= 15 is 0 Å². The van der Waals surface area contributed by atoms with Crippen molar-refractivity contribution in [3.8, 4) is 5.88 Å². The molecule has 1 heterocycles. The van der Waals surface area contributed by atoms with Crippen LogP contribution in [0.5, 0.6) is 5.88 Å². The molecule has 0 atom stereocenters. The van der Waals surface area contributed by atoms with Crippen LogP contribution in [-0.2, 0) is 6.61 Å². The quantitative estimate of drug-likeness (QED) is 0.166. The first-order valence-electron chi connectivity index (χ1n) is 13.0. The Kier molecular flexibility index (Phi) is 9.58. The topological polar surface area (TPSA) is 90.4 Å². The smallest absolute Gasteiger partial charge is 0.214 e. The van der Waals surface area contributed by atoms with Gasteiger partial charge in [0.15, 0.2) is 23.1 Å². The van der Waals surface area contributed by atoms with Crippen LogP contribution in [0.25, 0.3) is 0 Å². The normalized spacial score (nSPS) is 10.7. The summed E-state index contributed by atoms with van der Waals surface area (Å²) in [5.41, 5.74) is 1.84. The minimum atomic E-state index is -0.625. The maximum Gasteiger partial charge on any atom is 0.214 e. The molecule has 0 spiro atoms. The lowest BCUT2D eigenvalue weighted by Crippen LogP contribution is -2.11. The first kappa shape index (κ1) is 29.1. The molecule has 0 radical (unpaired) electrons. The summed E-state index contributed by atoms with van der Waals surface area (Å²) in [5, 5.41) is 0. The molecule has 0 aliphatic heterocycles. The van der Waals surface area contributed by atoms with Gasteiger partial charge in [0.1, 0.15) is 23.9 Å². The largest absolute Gasteiger partial charge is 0.473 e. The molecule has 0 saturated carbocycles.